The number of hydrogen-bond donors (Lipinski definition) is 1. The Labute approximate surface area is 98.9 Å². The van der Waals surface area contributed by atoms with Crippen molar-refractivity contribution in [2.75, 3.05) is 19.6 Å². The van der Waals surface area contributed by atoms with E-state index < -0.39 is 0 Å². The van der Waals surface area contributed by atoms with E-state index >= 15 is 0 Å². The maximum Gasteiger partial charge on any atom is 0.222 e. The molecule has 0 aliphatic carbocycles. The first-order chi connectivity index (χ1) is 7.59. The third-order valence-electron chi connectivity index (χ3n) is 2.85. The van der Waals surface area contributed by atoms with Crippen LogP contribution in [0.2, 0.25) is 0 Å². The van der Waals surface area contributed by atoms with Crippen LogP contribution in [0.25, 0.3) is 0 Å². The first kappa shape index (κ1) is 13.2. The molecule has 1 rings (SSSR count). The van der Waals surface area contributed by atoms with Gasteiger partial charge in [-0.1, -0.05) is 26.8 Å². The van der Waals surface area contributed by atoms with Crippen LogP contribution < -0.4 is 5.32 Å². The topological polar surface area (TPSA) is 32.3 Å². The zero-order chi connectivity index (χ0) is 12.0. The van der Waals surface area contributed by atoms with Crippen LogP contribution in [0.5, 0.6) is 0 Å². The highest BCUT2D eigenvalue weighted by Crippen LogP contribution is 2.12. The van der Waals surface area contributed by atoms with Gasteiger partial charge in [-0.2, -0.15) is 0 Å². The second kappa shape index (κ2) is 6.69. The fraction of sp³-hybridized carbons (Fsp3) is 0.769. The SMILES string of the molecule is C=C(CNC(C)C)CN1CCCCCC1=O. The number of nitrogens with zero attached hydrogens (tertiary/aromatic N) is 1. The second-order valence-corrected chi connectivity index (χ2v) is 4.91. The Balaban J connectivity index is 2.33. The smallest absolute Gasteiger partial charge is 0.222 e. The van der Waals surface area contributed by atoms with Crippen molar-refractivity contribution >= 4 is 5.91 Å². The standard InChI is InChI=1S/C13H24N2O/c1-11(2)14-9-12(3)10-15-8-6-4-5-7-13(15)16/h11,14H,3-10H2,1-2H3. The van der Waals surface area contributed by atoms with Crippen LogP contribution in [-0.4, -0.2) is 36.5 Å². The molecule has 1 heterocycles. The fourth-order valence-electron chi connectivity index (χ4n) is 1.88. The Kier molecular flexibility index (Phi) is 5.53. The van der Waals surface area contributed by atoms with E-state index in [1.165, 1.54) is 6.42 Å². The molecule has 0 saturated carbocycles. The van der Waals surface area contributed by atoms with E-state index in [-0.39, 0.29) is 0 Å². The van der Waals surface area contributed by atoms with Gasteiger partial charge >= 0.3 is 0 Å². The summed E-state index contributed by atoms with van der Waals surface area (Å²) < 4.78 is 0. The van der Waals surface area contributed by atoms with Gasteiger partial charge in [0.2, 0.25) is 5.91 Å². The van der Waals surface area contributed by atoms with Crippen molar-refractivity contribution in [1.82, 2.24) is 10.2 Å². The zero-order valence-corrected chi connectivity index (χ0v) is 10.6. The number of hydrogen-bond acceptors (Lipinski definition) is 2. The van der Waals surface area contributed by atoms with Gasteiger partial charge in [-0.15, -0.1) is 0 Å². The van der Waals surface area contributed by atoms with Crippen molar-refractivity contribution in [3.8, 4) is 0 Å². The lowest BCUT2D eigenvalue weighted by Crippen LogP contribution is -2.35. The van der Waals surface area contributed by atoms with Crippen molar-refractivity contribution in [1.29, 1.82) is 0 Å². The van der Waals surface area contributed by atoms with Gasteiger partial charge < -0.3 is 10.2 Å². The summed E-state index contributed by atoms with van der Waals surface area (Å²) >= 11 is 0. The molecular weight excluding hydrogens is 200 g/mol. The summed E-state index contributed by atoms with van der Waals surface area (Å²) in [6, 6.07) is 0.469. The summed E-state index contributed by atoms with van der Waals surface area (Å²) in [7, 11) is 0. The van der Waals surface area contributed by atoms with Crippen LogP contribution in [0.1, 0.15) is 39.5 Å². The predicted molar refractivity (Wildman–Crippen MR) is 67.3 cm³/mol. The maximum absolute atomic E-state index is 11.8. The number of rotatable bonds is 5. The summed E-state index contributed by atoms with van der Waals surface area (Å²) in [6.07, 6.45) is 4.08. The Hall–Kier alpha value is -0.830. The quantitative estimate of drug-likeness (QED) is 0.724. The van der Waals surface area contributed by atoms with Gasteiger partial charge in [0, 0.05) is 32.1 Å². The number of amides is 1. The molecule has 1 N–H and O–H groups in total. The van der Waals surface area contributed by atoms with E-state index in [1.807, 2.05) is 4.90 Å². The molecule has 3 nitrogen and oxygen atoms in total. The Morgan fingerprint density at radius 1 is 1.44 bits per heavy atom. The average Bonchev–Trinajstić information content (AvgIpc) is 2.42. The maximum atomic E-state index is 11.8. The minimum absolute atomic E-state index is 0.295. The van der Waals surface area contributed by atoms with Crippen LogP contribution >= 0.6 is 0 Å². The van der Waals surface area contributed by atoms with Gasteiger partial charge in [-0.3, -0.25) is 4.79 Å². The van der Waals surface area contributed by atoms with Gasteiger partial charge in [0.25, 0.3) is 0 Å². The first-order valence-electron chi connectivity index (χ1n) is 6.27. The molecular formula is C13H24N2O. The van der Waals surface area contributed by atoms with Gasteiger partial charge in [-0.25, -0.2) is 0 Å². The molecule has 1 aliphatic rings. The van der Waals surface area contributed by atoms with E-state index in [2.05, 4.69) is 25.7 Å². The van der Waals surface area contributed by atoms with Gasteiger partial charge in [0.1, 0.15) is 0 Å². The van der Waals surface area contributed by atoms with Gasteiger partial charge in [0.15, 0.2) is 0 Å². The van der Waals surface area contributed by atoms with E-state index in [0.717, 1.165) is 38.0 Å². The van der Waals surface area contributed by atoms with Crippen LogP contribution in [0.3, 0.4) is 0 Å². The number of nitrogens with one attached hydrogen (secondary N) is 1. The van der Waals surface area contributed by atoms with Crippen LogP contribution in [0.4, 0.5) is 0 Å². The summed E-state index contributed by atoms with van der Waals surface area (Å²) in [4.78, 5) is 13.7. The minimum atomic E-state index is 0.295. The molecule has 3 heteroatoms. The number of carbonyl (C=O) groups is 1. The lowest BCUT2D eigenvalue weighted by Gasteiger charge is -2.22. The largest absolute Gasteiger partial charge is 0.339 e. The van der Waals surface area contributed by atoms with Crippen LogP contribution in [0.15, 0.2) is 12.2 Å². The minimum Gasteiger partial charge on any atom is -0.339 e. The molecule has 0 radical (unpaired) electrons. The highest BCUT2D eigenvalue weighted by atomic mass is 16.2. The number of likely N-dealkylation sites (tertiary alicyclic amines) is 1. The van der Waals surface area contributed by atoms with Crippen LogP contribution in [-0.2, 0) is 4.79 Å². The highest BCUT2D eigenvalue weighted by molar-refractivity contribution is 5.76. The average molecular weight is 224 g/mol. The van der Waals surface area contributed by atoms with Crippen molar-refractivity contribution < 1.29 is 4.79 Å². The molecule has 16 heavy (non-hydrogen) atoms. The molecule has 1 fully saturated rings. The molecule has 92 valence electrons. The van der Waals surface area contributed by atoms with E-state index in [0.29, 0.717) is 18.4 Å². The molecule has 0 bridgehead atoms. The summed E-state index contributed by atoms with van der Waals surface area (Å²) in [5, 5.41) is 3.33. The Morgan fingerprint density at radius 2 is 2.19 bits per heavy atom. The summed E-state index contributed by atoms with van der Waals surface area (Å²) in [6.45, 7) is 10.7. The predicted octanol–water partition coefficient (Wildman–Crippen LogP) is 1.94. The van der Waals surface area contributed by atoms with Crippen molar-refractivity contribution in [2.45, 2.75) is 45.6 Å². The van der Waals surface area contributed by atoms with Crippen molar-refractivity contribution in [3.63, 3.8) is 0 Å². The molecule has 1 amide bonds. The second-order valence-electron chi connectivity index (χ2n) is 4.91. The first-order valence-corrected chi connectivity index (χ1v) is 6.27. The third kappa shape index (κ3) is 4.79. The van der Waals surface area contributed by atoms with Crippen molar-refractivity contribution in [2.24, 2.45) is 0 Å². The van der Waals surface area contributed by atoms with E-state index in [1.54, 1.807) is 0 Å². The molecule has 0 unspecified atom stereocenters. The molecule has 0 aromatic rings. The third-order valence-corrected chi connectivity index (χ3v) is 2.85. The highest BCUT2D eigenvalue weighted by Gasteiger charge is 2.16. The molecule has 1 aliphatic heterocycles. The molecule has 1 saturated heterocycles. The van der Waals surface area contributed by atoms with Gasteiger partial charge in [0.05, 0.1) is 0 Å². The lowest BCUT2D eigenvalue weighted by atomic mass is 10.2. The normalized spacial score (nSPS) is 17.7. The summed E-state index contributed by atoms with van der Waals surface area (Å²) in [5.41, 5.74) is 1.10. The molecule has 0 aromatic carbocycles. The Bertz CT molecular complexity index is 248. The molecule has 0 atom stereocenters. The lowest BCUT2D eigenvalue weighted by molar-refractivity contribution is -0.130. The molecule has 0 spiro atoms. The van der Waals surface area contributed by atoms with Crippen LogP contribution in [0, 0.1) is 0 Å². The zero-order valence-electron chi connectivity index (χ0n) is 10.6. The van der Waals surface area contributed by atoms with Crippen molar-refractivity contribution in [3.05, 3.63) is 12.2 Å². The van der Waals surface area contributed by atoms with Gasteiger partial charge in [-0.05, 0) is 18.4 Å². The van der Waals surface area contributed by atoms with E-state index in [4.69, 9.17) is 0 Å². The molecule has 0 aromatic heterocycles. The summed E-state index contributed by atoms with van der Waals surface area (Å²) in [5.74, 6) is 0.295. The monoisotopic (exact) mass is 224 g/mol. The Morgan fingerprint density at radius 3 is 2.88 bits per heavy atom. The number of carbonyl (C=O) groups excluding carboxylic acids is 1. The fourth-order valence-corrected chi connectivity index (χ4v) is 1.88. The van der Waals surface area contributed by atoms with E-state index in [9.17, 15) is 4.79 Å².